The first-order valence-electron chi connectivity index (χ1n) is 5.06. The van der Waals surface area contributed by atoms with Crippen molar-refractivity contribution in [2.24, 2.45) is 0 Å². The van der Waals surface area contributed by atoms with E-state index < -0.39 is 0 Å². The molecule has 0 radical (unpaired) electrons. The maximum absolute atomic E-state index is 11.2. The van der Waals surface area contributed by atoms with Gasteiger partial charge in [0.15, 0.2) is 0 Å². The highest BCUT2D eigenvalue weighted by Gasteiger charge is 2.09. The fraction of sp³-hybridized carbons (Fsp3) is 0.727. The van der Waals surface area contributed by atoms with Gasteiger partial charge in [0.05, 0.1) is 13.2 Å². The van der Waals surface area contributed by atoms with Gasteiger partial charge in [-0.3, -0.25) is 9.69 Å². The molecule has 0 aliphatic heterocycles. The standard InChI is InChI=1S/C11H19NO2/c1-4-7-9-12(8-5-2)10-11(13)14-6-3/h1H,5-10H2,2-3H3. The van der Waals surface area contributed by atoms with Gasteiger partial charge in [0.25, 0.3) is 0 Å². The highest BCUT2D eigenvalue weighted by Crippen LogP contribution is 1.94. The van der Waals surface area contributed by atoms with E-state index in [0.29, 0.717) is 19.6 Å². The van der Waals surface area contributed by atoms with Gasteiger partial charge in [0, 0.05) is 13.0 Å². The van der Waals surface area contributed by atoms with Crippen LogP contribution < -0.4 is 0 Å². The van der Waals surface area contributed by atoms with Gasteiger partial charge >= 0.3 is 5.97 Å². The third kappa shape index (κ3) is 6.50. The summed E-state index contributed by atoms with van der Waals surface area (Å²) in [5, 5.41) is 0. The fourth-order valence-corrected chi connectivity index (χ4v) is 1.20. The SMILES string of the molecule is C#CCCN(CCC)CC(=O)OCC. The van der Waals surface area contributed by atoms with Gasteiger partial charge in [-0.05, 0) is 19.9 Å². The number of esters is 1. The lowest BCUT2D eigenvalue weighted by Crippen LogP contribution is -2.32. The summed E-state index contributed by atoms with van der Waals surface area (Å²) in [4.78, 5) is 13.2. The quantitative estimate of drug-likeness (QED) is 0.455. The molecular formula is C11H19NO2. The Bertz CT molecular complexity index is 196. The number of terminal acetylenes is 1. The molecule has 14 heavy (non-hydrogen) atoms. The van der Waals surface area contributed by atoms with Crippen LogP contribution in [0.5, 0.6) is 0 Å². The molecule has 0 atom stereocenters. The summed E-state index contributed by atoms with van der Waals surface area (Å²) in [6, 6.07) is 0. The second kappa shape index (κ2) is 8.58. The number of hydrogen-bond acceptors (Lipinski definition) is 3. The van der Waals surface area contributed by atoms with Crippen molar-refractivity contribution in [3.8, 4) is 12.3 Å². The predicted octanol–water partition coefficient (Wildman–Crippen LogP) is 1.28. The maximum atomic E-state index is 11.2. The fourth-order valence-electron chi connectivity index (χ4n) is 1.20. The summed E-state index contributed by atoms with van der Waals surface area (Å²) in [5.74, 6) is 2.40. The lowest BCUT2D eigenvalue weighted by molar-refractivity contribution is -0.144. The third-order valence-electron chi connectivity index (χ3n) is 1.77. The Morgan fingerprint density at radius 1 is 1.43 bits per heavy atom. The Labute approximate surface area is 86.4 Å². The third-order valence-corrected chi connectivity index (χ3v) is 1.77. The molecule has 0 N–H and O–H groups in total. The van der Waals surface area contributed by atoms with Gasteiger partial charge in [0.2, 0.25) is 0 Å². The average molecular weight is 197 g/mol. The van der Waals surface area contributed by atoms with Crippen molar-refractivity contribution in [1.29, 1.82) is 0 Å². The second-order valence-electron chi connectivity index (χ2n) is 3.04. The molecule has 0 amide bonds. The number of carbonyl (C=O) groups is 1. The van der Waals surface area contributed by atoms with Crippen LogP contribution in [0.4, 0.5) is 0 Å². The van der Waals surface area contributed by atoms with E-state index in [1.807, 2.05) is 11.8 Å². The normalized spacial score (nSPS) is 9.86. The number of carbonyl (C=O) groups excluding carboxylic acids is 1. The maximum Gasteiger partial charge on any atom is 0.320 e. The zero-order chi connectivity index (χ0) is 10.8. The minimum Gasteiger partial charge on any atom is -0.465 e. The van der Waals surface area contributed by atoms with Crippen molar-refractivity contribution in [1.82, 2.24) is 4.90 Å². The average Bonchev–Trinajstić information content (AvgIpc) is 2.15. The van der Waals surface area contributed by atoms with Gasteiger partial charge in [-0.2, -0.15) is 0 Å². The largest absolute Gasteiger partial charge is 0.465 e. The van der Waals surface area contributed by atoms with Gasteiger partial charge in [-0.15, -0.1) is 12.3 Å². The molecule has 0 aliphatic rings. The molecule has 0 heterocycles. The molecule has 0 aromatic rings. The van der Waals surface area contributed by atoms with E-state index in [0.717, 1.165) is 19.5 Å². The molecule has 3 nitrogen and oxygen atoms in total. The number of rotatable bonds is 7. The molecule has 0 fully saturated rings. The van der Waals surface area contributed by atoms with Crippen LogP contribution in [0.15, 0.2) is 0 Å². The molecular weight excluding hydrogens is 178 g/mol. The highest BCUT2D eigenvalue weighted by molar-refractivity contribution is 5.71. The summed E-state index contributed by atoms with van der Waals surface area (Å²) >= 11 is 0. The Hall–Kier alpha value is -1.01. The Balaban J connectivity index is 3.83. The molecule has 0 unspecified atom stereocenters. The first kappa shape index (κ1) is 13.0. The second-order valence-corrected chi connectivity index (χ2v) is 3.04. The highest BCUT2D eigenvalue weighted by atomic mass is 16.5. The zero-order valence-electron chi connectivity index (χ0n) is 9.08. The summed E-state index contributed by atoms with van der Waals surface area (Å²) in [6.07, 6.45) is 6.87. The molecule has 0 aliphatic carbocycles. The summed E-state index contributed by atoms with van der Waals surface area (Å²) < 4.78 is 4.87. The Morgan fingerprint density at radius 3 is 2.64 bits per heavy atom. The number of nitrogens with zero attached hydrogens (tertiary/aromatic N) is 1. The molecule has 0 saturated heterocycles. The van der Waals surface area contributed by atoms with Crippen molar-refractivity contribution >= 4 is 5.97 Å². The van der Waals surface area contributed by atoms with Gasteiger partial charge < -0.3 is 4.74 Å². The van der Waals surface area contributed by atoms with E-state index >= 15 is 0 Å². The van der Waals surface area contributed by atoms with E-state index in [1.165, 1.54) is 0 Å². The van der Waals surface area contributed by atoms with E-state index in [4.69, 9.17) is 11.2 Å². The molecule has 0 rings (SSSR count). The molecule has 80 valence electrons. The van der Waals surface area contributed by atoms with Gasteiger partial charge in [-0.1, -0.05) is 6.92 Å². The molecule has 0 saturated carbocycles. The van der Waals surface area contributed by atoms with Gasteiger partial charge in [0.1, 0.15) is 0 Å². The first-order valence-corrected chi connectivity index (χ1v) is 5.06. The lowest BCUT2D eigenvalue weighted by Gasteiger charge is -2.18. The summed E-state index contributed by atoms with van der Waals surface area (Å²) in [5.41, 5.74) is 0. The van der Waals surface area contributed by atoms with Crippen LogP contribution in [0.2, 0.25) is 0 Å². The Kier molecular flexibility index (Phi) is 7.96. The van der Waals surface area contributed by atoms with Crippen molar-refractivity contribution < 1.29 is 9.53 Å². The number of hydrogen-bond donors (Lipinski definition) is 0. The van der Waals surface area contributed by atoms with Crippen LogP contribution in [0.25, 0.3) is 0 Å². The molecule has 0 bridgehead atoms. The first-order chi connectivity index (χ1) is 6.74. The molecule has 0 aromatic carbocycles. The smallest absolute Gasteiger partial charge is 0.320 e. The monoisotopic (exact) mass is 197 g/mol. The molecule has 0 spiro atoms. The lowest BCUT2D eigenvalue weighted by atomic mass is 10.3. The van der Waals surface area contributed by atoms with Crippen LogP contribution in [-0.4, -0.2) is 37.1 Å². The summed E-state index contributed by atoms with van der Waals surface area (Å²) in [7, 11) is 0. The summed E-state index contributed by atoms with van der Waals surface area (Å²) in [6.45, 7) is 6.33. The number of ether oxygens (including phenoxy) is 1. The van der Waals surface area contributed by atoms with Crippen LogP contribution in [0, 0.1) is 12.3 Å². The van der Waals surface area contributed by atoms with Crippen LogP contribution in [0.3, 0.4) is 0 Å². The molecule has 0 aromatic heterocycles. The minimum atomic E-state index is -0.169. The van der Waals surface area contributed by atoms with E-state index in [2.05, 4.69) is 12.8 Å². The topological polar surface area (TPSA) is 29.5 Å². The van der Waals surface area contributed by atoms with Crippen LogP contribution in [0.1, 0.15) is 26.7 Å². The van der Waals surface area contributed by atoms with Crippen molar-refractivity contribution in [2.45, 2.75) is 26.7 Å². The minimum absolute atomic E-state index is 0.169. The van der Waals surface area contributed by atoms with Crippen LogP contribution in [-0.2, 0) is 9.53 Å². The zero-order valence-corrected chi connectivity index (χ0v) is 9.08. The van der Waals surface area contributed by atoms with E-state index in [1.54, 1.807) is 0 Å². The predicted molar refractivity (Wildman–Crippen MR) is 56.8 cm³/mol. The van der Waals surface area contributed by atoms with E-state index in [9.17, 15) is 4.79 Å². The van der Waals surface area contributed by atoms with Crippen molar-refractivity contribution in [3.05, 3.63) is 0 Å². The van der Waals surface area contributed by atoms with E-state index in [-0.39, 0.29) is 5.97 Å². The van der Waals surface area contributed by atoms with Crippen molar-refractivity contribution in [3.63, 3.8) is 0 Å². The van der Waals surface area contributed by atoms with Gasteiger partial charge in [-0.25, -0.2) is 0 Å². The van der Waals surface area contributed by atoms with Crippen LogP contribution >= 0.6 is 0 Å². The molecule has 3 heteroatoms. The van der Waals surface area contributed by atoms with Crippen molar-refractivity contribution in [2.75, 3.05) is 26.2 Å². The Morgan fingerprint density at radius 2 is 2.14 bits per heavy atom.